The van der Waals surface area contributed by atoms with Crippen molar-refractivity contribution in [1.82, 2.24) is 4.90 Å². The number of amides is 2. The van der Waals surface area contributed by atoms with Gasteiger partial charge in [0.1, 0.15) is 24.1 Å². The van der Waals surface area contributed by atoms with E-state index in [-0.39, 0.29) is 36.1 Å². The van der Waals surface area contributed by atoms with Gasteiger partial charge in [0.15, 0.2) is 0 Å². The molecular weight excluding hydrogens is 390 g/mol. The number of aliphatic imine (C=N–C) groups is 1. The van der Waals surface area contributed by atoms with Gasteiger partial charge in [-0.2, -0.15) is 13.2 Å². The number of hydrogen-bond acceptors (Lipinski definition) is 3. The summed E-state index contributed by atoms with van der Waals surface area (Å²) in [6.45, 7) is -0.0809. The van der Waals surface area contributed by atoms with Gasteiger partial charge < -0.3 is 5.32 Å². The molecule has 150 valence electrons. The number of anilines is 1. The van der Waals surface area contributed by atoms with Crippen LogP contribution in [0, 0.1) is 11.7 Å². The highest BCUT2D eigenvalue weighted by atomic mass is 19.4. The quantitative estimate of drug-likeness (QED) is 0.796. The molecule has 4 rings (SSSR count). The van der Waals surface area contributed by atoms with Crippen LogP contribution in [0.1, 0.15) is 17.0 Å². The lowest BCUT2D eigenvalue weighted by atomic mass is 9.86. The Hall–Kier alpha value is -3.23. The standard InChI is InChI=1S/C20H15F4N3O2/c21-14-6-1-2-7-15(14)26-19(29)17-13(10-27-16(28)9-25-18(17)27)11-4-3-5-12(8-11)20(22,23)24/h1-8,13,17H,9-10H2,(H,26,29). The van der Waals surface area contributed by atoms with Crippen LogP contribution in [0.15, 0.2) is 53.5 Å². The van der Waals surface area contributed by atoms with Crippen molar-refractivity contribution >= 4 is 23.3 Å². The fourth-order valence-electron chi connectivity index (χ4n) is 3.71. The van der Waals surface area contributed by atoms with Crippen LogP contribution in [0.5, 0.6) is 0 Å². The molecule has 1 saturated heterocycles. The van der Waals surface area contributed by atoms with E-state index in [1.807, 2.05) is 0 Å². The first kappa shape index (κ1) is 19.1. The van der Waals surface area contributed by atoms with Crippen LogP contribution in [0.2, 0.25) is 0 Å². The molecule has 0 radical (unpaired) electrons. The van der Waals surface area contributed by atoms with E-state index in [4.69, 9.17) is 0 Å². The minimum atomic E-state index is -4.54. The van der Waals surface area contributed by atoms with Crippen LogP contribution < -0.4 is 5.32 Å². The highest BCUT2D eigenvalue weighted by Crippen LogP contribution is 2.39. The molecular formula is C20H15F4N3O2. The van der Waals surface area contributed by atoms with Gasteiger partial charge in [-0.15, -0.1) is 0 Å². The summed E-state index contributed by atoms with van der Waals surface area (Å²) in [5.41, 5.74) is -0.634. The maximum Gasteiger partial charge on any atom is 0.416 e. The lowest BCUT2D eigenvalue weighted by Crippen LogP contribution is -2.33. The van der Waals surface area contributed by atoms with Crippen molar-refractivity contribution in [3.63, 3.8) is 0 Å². The maximum atomic E-state index is 13.9. The van der Waals surface area contributed by atoms with Crippen molar-refractivity contribution in [2.75, 3.05) is 18.4 Å². The molecule has 1 fully saturated rings. The van der Waals surface area contributed by atoms with Gasteiger partial charge in [-0.25, -0.2) is 4.39 Å². The Kier molecular flexibility index (Phi) is 4.60. The minimum absolute atomic E-state index is 0.0360. The summed E-state index contributed by atoms with van der Waals surface area (Å²) >= 11 is 0. The van der Waals surface area contributed by atoms with Crippen molar-refractivity contribution in [2.24, 2.45) is 10.9 Å². The molecule has 2 atom stereocenters. The molecule has 5 nitrogen and oxygen atoms in total. The predicted molar refractivity (Wildman–Crippen MR) is 96.7 cm³/mol. The normalized spacial score (nSPS) is 21.2. The van der Waals surface area contributed by atoms with Gasteiger partial charge in [-0.3, -0.25) is 19.5 Å². The van der Waals surface area contributed by atoms with Crippen molar-refractivity contribution in [3.05, 3.63) is 65.5 Å². The van der Waals surface area contributed by atoms with Crippen LogP contribution in [-0.4, -0.2) is 35.6 Å². The molecule has 2 heterocycles. The second kappa shape index (κ2) is 6.98. The molecule has 2 aliphatic heterocycles. The molecule has 29 heavy (non-hydrogen) atoms. The topological polar surface area (TPSA) is 61.8 Å². The Morgan fingerprint density at radius 2 is 1.90 bits per heavy atom. The summed E-state index contributed by atoms with van der Waals surface area (Å²) in [6.07, 6.45) is -4.54. The number of fused-ring (bicyclic) bond motifs is 1. The molecule has 2 aliphatic rings. The monoisotopic (exact) mass is 405 g/mol. The van der Waals surface area contributed by atoms with Gasteiger partial charge >= 0.3 is 6.18 Å². The lowest BCUT2D eigenvalue weighted by molar-refractivity contribution is -0.137. The first-order valence-electron chi connectivity index (χ1n) is 8.83. The summed E-state index contributed by atoms with van der Waals surface area (Å²) in [4.78, 5) is 30.5. The molecule has 2 aromatic carbocycles. The third-order valence-corrected chi connectivity index (χ3v) is 5.07. The fraction of sp³-hybridized carbons (Fsp3) is 0.250. The van der Waals surface area contributed by atoms with Gasteiger partial charge in [0.25, 0.3) is 0 Å². The molecule has 0 saturated carbocycles. The van der Waals surface area contributed by atoms with E-state index < -0.39 is 35.3 Å². The number of nitrogens with one attached hydrogen (secondary N) is 1. The number of carbonyl (C=O) groups excluding carboxylic acids is 2. The second-order valence-electron chi connectivity index (χ2n) is 6.86. The Morgan fingerprint density at radius 1 is 1.14 bits per heavy atom. The Balaban J connectivity index is 1.70. The van der Waals surface area contributed by atoms with Gasteiger partial charge in [0.05, 0.1) is 11.3 Å². The Labute approximate surface area is 163 Å². The maximum absolute atomic E-state index is 13.9. The molecule has 2 amide bonds. The minimum Gasteiger partial charge on any atom is -0.323 e. The van der Waals surface area contributed by atoms with E-state index in [1.54, 1.807) is 6.07 Å². The van der Waals surface area contributed by atoms with Crippen molar-refractivity contribution < 1.29 is 27.2 Å². The van der Waals surface area contributed by atoms with Crippen LogP contribution in [0.4, 0.5) is 23.2 Å². The van der Waals surface area contributed by atoms with Crippen molar-refractivity contribution in [1.29, 1.82) is 0 Å². The van der Waals surface area contributed by atoms with Crippen LogP contribution in [0.25, 0.3) is 0 Å². The van der Waals surface area contributed by atoms with Crippen LogP contribution in [-0.2, 0) is 15.8 Å². The van der Waals surface area contributed by atoms with Crippen LogP contribution >= 0.6 is 0 Å². The number of rotatable bonds is 3. The highest BCUT2D eigenvalue weighted by molar-refractivity contribution is 6.17. The van der Waals surface area contributed by atoms with Gasteiger partial charge in [0.2, 0.25) is 11.8 Å². The van der Waals surface area contributed by atoms with E-state index in [0.29, 0.717) is 0 Å². The summed E-state index contributed by atoms with van der Waals surface area (Å²) in [7, 11) is 0. The van der Waals surface area contributed by atoms with Gasteiger partial charge in [-0.1, -0.05) is 30.3 Å². The smallest absolute Gasteiger partial charge is 0.323 e. The van der Waals surface area contributed by atoms with Gasteiger partial charge in [0, 0.05) is 12.5 Å². The number of para-hydroxylation sites is 1. The molecule has 2 aromatic rings. The fourth-order valence-corrected chi connectivity index (χ4v) is 3.71. The zero-order valence-electron chi connectivity index (χ0n) is 14.9. The molecule has 1 N–H and O–H groups in total. The second-order valence-corrected chi connectivity index (χ2v) is 6.86. The van der Waals surface area contributed by atoms with E-state index in [9.17, 15) is 27.2 Å². The lowest BCUT2D eigenvalue weighted by Gasteiger charge is -2.19. The zero-order valence-corrected chi connectivity index (χ0v) is 14.9. The molecule has 0 spiro atoms. The number of alkyl halides is 3. The summed E-state index contributed by atoms with van der Waals surface area (Å²) < 4.78 is 53.3. The third kappa shape index (κ3) is 3.48. The van der Waals surface area contributed by atoms with Crippen molar-refractivity contribution in [3.8, 4) is 0 Å². The Morgan fingerprint density at radius 3 is 2.62 bits per heavy atom. The number of nitrogens with zero attached hydrogens (tertiary/aromatic N) is 2. The summed E-state index contributed by atoms with van der Waals surface area (Å²) in [5, 5.41) is 2.47. The number of carbonyl (C=O) groups is 2. The summed E-state index contributed by atoms with van der Waals surface area (Å²) in [6, 6.07) is 10.2. The highest BCUT2D eigenvalue weighted by Gasteiger charge is 2.48. The Bertz CT molecular complexity index is 1020. The number of hydrogen-bond donors (Lipinski definition) is 1. The van der Waals surface area contributed by atoms with Gasteiger partial charge in [-0.05, 0) is 23.8 Å². The SMILES string of the molecule is O=C(Nc1ccccc1F)C1C2=NCC(=O)N2CC1c1cccc(C(F)(F)F)c1. The molecule has 0 bridgehead atoms. The third-order valence-electron chi connectivity index (χ3n) is 5.07. The van der Waals surface area contributed by atoms with Crippen LogP contribution in [0.3, 0.4) is 0 Å². The average Bonchev–Trinajstić information content (AvgIpc) is 3.23. The van der Waals surface area contributed by atoms with E-state index >= 15 is 0 Å². The largest absolute Gasteiger partial charge is 0.416 e. The molecule has 2 unspecified atom stereocenters. The molecule has 9 heteroatoms. The summed E-state index contributed by atoms with van der Waals surface area (Å²) in [5.74, 6) is -3.13. The predicted octanol–water partition coefficient (Wildman–Crippen LogP) is 3.44. The van der Waals surface area contributed by atoms with E-state index in [2.05, 4.69) is 10.3 Å². The van der Waals surface area contributed by atoms with E-state index in [0.717, 1.165) is 12.1 Å². The molecule has 0 aliphatic carbocycles. The van der Waals surface area contributed by atoms with Crippen molar-refractivity contribution in [2.45, 2.75) is 12.1 Å². The molecule has 0 aromatic heterocycles. The number of halogens is 4. The first-order chi connectivity index (χ1) is 13.8. The average molecular weight is 405 g/mol. The first-order valence-corrected chi connectivity index (χ1v) is 8.83. The number of benzene rings is 2. The van der Waals surface area contributed by atoms with E-state index in [1.165, 1.54) is 35.2 Å². The number of amidine groups is 1. The zero-order chi connectivity index (χ0) is 20.8.